The van der Waals surface area contributed by atoms with Gasteiger partial charge in [0.2, 0.25) is 5.95 Å². The van der Waals surface area contributed by atoms with Crippen molar-refractivity contribution in [3.05, 3.63) is 17.5 Å². The number of nitrogens with two attached hydrogens (primary N) is 1. The molecule has 2 fully saturated rings. The molecule has 6 nitrogen and oxygen atoms in total. The van der Waals surface area contributed by atoms with E-state index in [-0.39, 0.29) is 11.9 Å². The number of likely N-dealkylation sites (tertiary alicyclic amines) is 1. The summed E-state index contributed by atoms with van der Waals surface area (Å²) >= 11 is 0. The zero-order chi connectivity index (χ0) is 15.1. The normalized spacial score (nSPS) is 25.2. The Labute approximate surface area is 125 Å². The molecule has 1 aromatic rings. The molecule has 0 aromatic carbocycles. The molecule has 6 heteroatoms. The van der Waals surface area contributed by atoms with E-state index < -0.39 is 0 Å². The average molecular weight is 289 g/mol. The quantitative estimate of drug-likeness (QED) is 0.884. The Hall–Kier alpha value is -1.69. The van der Waals surface area contributed by atoms with Crippen molar-refractivity contribution in [3.63, 3.8) is 0 Å². The molecule has 0 spiro atoms. The molecule has 0 bridgehead atoms. The zero-order valence-corrected chi connectivity index (χ0v) is 12.9. The van der Waals surface area contributed by atoms with Crippen LogP contribution in [-0.2, 0) is 0 Å². The molecule has 2 heterocycles. The second kappa shape index (κ2) is 5.26. The fraction of sp³-hybridized carbons (Fsp3) is 0.667. The van der Waals surface area contributed by atoms with Crippen molar-refractivity contribution >= 4 is 11.9 Å². The molecule has 1 aromatic heterocycles. The Morgan fingerprint density at radius 2 is 2.10 bits per heavy atom. The number of carbonyl (C=O) groups excluding carboxylic acids is 1. The standard InChI is InChI=1S/C15H23N5O/c1-9-11(6-17-15(18-9)19(2)3)14(21)20-7-12(10-4-5-10)13(16)8-20/h6,10,12-13H,4-5,7-8,16H2,1-3H3/t12-,13+/m0/s1. The smallest absolute Gasteiger partial charge is 0.257 e. The fourth-order valence-corrected chi connectivity index (χ4v) is 3.09. The van der Waals surface area contributed by atoms with E-state index in [9.17, 15) is 4.79 Å². The van der Waals surface area contributed by atoms with E-state index in [4.69, 9.17) is 5.73 Å². The number of rotatable bonds is 3. The lowest BCUT2D eigenvalue weighted by atomic mass is 9.99. The van der Waals surface area contributed by atoms with Crippen molar-refractivity contribution in [1.82, 2.24) is 14.9 Å². The second-order valence-corrected chi connectivity index (χ2v) is 6.44. The molecule has 1 amide bonds. The van der Waals surface area contributed by atoms with Crippen LogP contribution in [0.3, 0.4) is 0 Å². The molecular formula is C15H23N5O. The summed E-state index contributed by atoms with van der Waals surface area (Å²) in [6.45, 7) is 3.28. The van der Waals surface area contributed by atoms with Crippen molar-refractivity contribution in [3.8, 4) is 0 Å². The minimum Gasteiger partial charge on any atom is -0.347 e. The van der Waals surface area contributed by atoms with Gasteiger partial charge in [0.15, 0.2) is 0 Å². The lowest BCUT2D eigenvalue weighted by Crippen LogP contribution is -2.33. The number of amides is 1. The van der Waals surface area contributed by atoms with E-state index in [2.05, 4.69) is 9.97 Å². The third-order valence-electron chi connectivity index (χ3n) is 4.52. The first-order valence-electron chi connectivity index (χ1n) is 7.53. The van der Waals surface area contributed by atoms with E-state index in [0.717, 1.165) is 18.2 Å². The van der Waals surface area contributed by atoms with Crippen LogP contribution in [0.15, 0.2) is 6.20 Å². The van der Waals surface area contributed by atoms with Crippen molar-refractivity contribution in [2.24, 2.45) is 17.6 Å². The molecule has 1 saturated heterocycles. The van der Waals surface area contributed by atoms with E-state index in [1.54, 1.807) is 6.20 Å². The maximum atomic E-state index is 12.7. The highest BCUT2D eigenvalue weighted by atomic mass is 16.2. The van der Waals surface area contributed by atoms with Crippen molar-refractivity contribution in [2.45, 2.75) is 25.8 Å². The van der Waals surface area contributed by atoms with E-state index in [1.807, 2.05) is 30.8 Å². The largest absolute Gasteiger partial charge is 0.347 e. The fourth-order valence-electron chi connectivity index (χ4n) is 3.09. The van der Waals surface area contributed by atoms with E-state index in [0.29, 0.717) is 24.0 Å². The Morgan fingerprint density at radius 3 is 2.67 bits per heavy atom. The number of hydrogen-bond donors (Lipinski definition) is 1. The van der Waals surface area contributed by atoms with Crippen LogP contribution in [0.25, 0.3) is 0 Å². The van der Waals surface area contributed by atoms with Crippen LogP contribution in [0.1, 0.15) is 28.9 Å². The summed E-state index contributed by atoms with van der Waals surface area (Å²) in [5.74, 6) is 1.83. The summed E-state index contributed by atoms with van der Waals surface area (Å²) in [7, 11) is 3.77. The van der Waals surface area contributed by atoms with Crippen LogP contribution in [0.4, 0.5) is 5.95 Å². The maximum absolute atomic E-state index is 12.7. The van der Waals surface area contributed by atoms with E-state index >= 15 is 0 Å². The summed E-state index contributed by atoms with van der Waals surface area (Å²) in [4.78, 5) is 25.0. The Morgan fingerprint density at radius 1 is 1.38 bits per heavy atom. The third kappa shape index (κ3) is 2.72. The summed E-state index contributed by atoms with van der Waals surface area (Å²) in [5.41, 5.74) is 7.51. The molecule has 0 unspecified atom stereocenters. The molecule has 114 valence electrons. The number of nitrogens with zero attached hydrogens (tertiary/aromatic N) is 4. The van der Waals surface area contributed by atoms with Gasteiger partial charge in [-0.1, -0.05) is 0 Å². The number of anilines is 1. The van der Waals surface area contributed by atoms with Crippen LogP contribution in [-0.4, -0.2) is 54.0 Å². The Kier molecular flexibility index (Phi) is 3.57. The average Bonchev–Trinajstić information content (AvgIpc) is 3.20. The number of aryl methyl sites for hydroxylation is 1. The first-order chi connectivity index (χ1) is 9.97. The summed E-state index contributed by atoms with van der Waals surface area (Å²) < 4.78 is 0. The van der Waals surface area contributed by atoms with Gasteiger partial charge >= 0.3 is 0 Å². The molecule has 2 atom stereocenters. The number of aromatic nitrogens is 2. The van der Waals surface area contributed by atoms with Gasteiger partial charge in [0.1, 0.15) is 0 Å². The molecule has 0 radical (unpaired) electrons. The van der Waals surface area contributed by atoms with Gasteiger partial charge in [-0.05, 0) is 31.6 Å². The van der Waals surface area contributed by atoms with E-state index in [1.165, 1.54) is 12.8 Å². The van der Waals surface area contributed by atoms with Crippen LogP contribution >= 0.6 is 0 Å². The first kappa shape index (κ1) is 14.3. The number of carbonyl (C=O) groups is 1. The highest BCUT2D eigenvalue weighted by molar-refractivity contribution is 5.95. The van der Waals surface area contributed by atoms with Gasteiger partial charge in [-0.15, -0.1) is 0 Å². The molecule has 1 aliphatic carbocycles. The van der Waals surface area contributed by atoms with Crippen LogP contribution in [0.5, 0.6) is 0 Å². The SMILES string of the molecule is Cc1nc(N(C)C)ncc1C(=O)N1C[C@@H](N)[C@H](C2CC2)C1. The van der Waals surface area contributed by atoms with Gasteiger partial charge in [0, 0.05) is 39.4 Å². The summed E-state index contributed by atoms with van der Waals surface area (Å²) in [6, 6.07) is 0.115. The third-order valence-corrected chi connectivity index (χ3v) is 4.52. The molecule has 1 aliphatic heterocycles. The monoisotopic (exact) mass is 289 g/mol. The Bertz CT molecular complexity index is 555. The van der Waals surface area contributed by atoms with Crippen molar-refractivity contribution in [1.29, 1.82) is 0 Å². The predicted molar refractivity (Wildman–Crippen MR) is 81.2 cm³/mol. The lowest BCUT2D eigenvalue weighted by molar-refractivity contribution is 0.0783. The number of hydrogen-bond acceptors (Lipinski definition) is 5. The minimum atomic E-state index is 0.0106. The lowest BCUT2D eigenvalue weighted by Gasteiger charge is -2.18. The Balaban J connectivity index is 1.76. The molecule has 1 saturated carbocycles. The zero-order valence-electron chi connectivity index (χ0n) is 12.9. The molecule has 3 rings (SSSR count). The highest BCUT2D eigenvalue weighted by Gasteiger charge is 2.42. The maximum Gasteiger partial charge on any atom is 0.257 e. The van der Waals surface area contributed by atoms with Crippen molar-refractivity contribution in [2.75, 3.05) is 32.1 Å². The second-order valence-electron chi connectivity index (χ2n) is 6.44. The highest BCUT2D eigenvalue weighted by Crippen LogP contribution is 2.41. The van der Waals surface area contributed by atoms with Crippen molar-refractivity contribution < 1.29 is 4.79 Å². The molecule has 2 N–H and O–H groups in total. The topological polar surface area (TPSA) is 75.4 Å². The molecular weight excluding hydrogens is 266 g/mol. The van der Waals surface area contributed by atoms with Gasteiger partial charge in [-0.2, -0.15) is 0 Å². The van der Waals surface area contributed by atoms with Gasteiger partial charge in [0.05, 0.1) is 11.3 Å². The summed E-state index contributed by atoms with van der Waals surface area (Å²) in [6.07, 6.45) is 4.16. The first-order valence-corrected chi connectivity index (χ1v) is 7.53. The molecule has 21 heavy (non-hydrogen) atoms. The van der Waals surface area contributed by atoms with Gasteiger partial charge in [-0.3, -0.25) is 4.79 Å². The predicted octanol–water partition coefficient (Wildman–Crippen LogP) is 0.660. The van der Waals surface area contributed by atoms with Gasteiger partial charge in [-0.25, -0.2) is 9.97 Å². The summed E-state index contributed by atoms with van der Waals surface area (Å²) in [5, 5.41) is 0. The van der Waals surface area contributed by atoms with Crippen LogP contribution in [0.2, 0.25) is 0 Å². The molecule has 2 aliphatic rings. The van der Waals surface area contributed by atoms with Gasteiger partial charge in [0.25, 0.3) is 5.91 Å². The van der Waals surface area contributed by atoms with Gasteiger partial charge < -0.3 is 15.5 Å². The van der Waals surface area contributed by atoms with Crippen LogP contribution in [0, 0.1) is 18.8 Å². The minimum absolute atomic E-state index is 0.0106. The van der Waals surface area contributed by atoms with Crippen LogP contribution < -0.4 is 10.6 Å².